The first kappa shape index (κ1) is 15.8. The van der Waals surface area contributed by atoms with Gasteiger partial charge < -0.3 is 0 Å². The van der Waals surface area contributed by atoms with Gasteiger partial charge in [-0.15, -0.1) is 22.7 Å². The molecule has 1 saturated carbocycles. The summed E-state index contributed by atoms with van der Waals surface area (Å²) in [6.07, 6.45) is 9.43. The van der Waals surface area contributed by atoms with E-state index in [-0.39, 0.29) is 0 Å². The number of hydrogen-bond donors (Lipinski definition) is 0. The first-order chi connectivity index (χ1) is 11.7. The van der Waals surface area contributed by atoms with Gasteiger partial charge in [0.15, 0.2) is 0 Å². The van der Waals surface area contributed by atoms with E-state index in [9.17, 15) is 0 Å². The predicted molar refractivity (Wildman–Crippen MR) is 104 cm³/mol. The fourth-order valence-corrected chi connectivity index (χ4v) is 5.09. The number of thiazole rings is 1. The summed E-state index contributed by atoms with van der Waals surface area (Å²) in [5.74, 6) is 2.01. The molecule has 2 aliphatic rings. The highest BCUT2D eigenvalue weighted by Gasteiger charge is 2.34. The molecule has 3 unspecified atom stereocenters. The van der Waals surface area contributed by atoms with Crippen LogP contribution in [0, 0.1) is 17.8 Å². The Labute approximate surface area is 150 Å². The summed E-state index contributed by atoms with van der Waals surface area (Å²) >= 11 is 3.39. The van der Waals surface area contributed by atoms with Gasteiger partial charge in [0.1, 0.15) is 0 Å². The van der Waals surface area contributed by atoms with Gasteiger partial charge in [-0.3, -0.25) is 4.99 Å². The quantitative estimate of drug-likeness (QED) is 0.545. The summed E-state index contributed by atoms with van der Waals surface area (Å²) in [5, 5.41) is 9.11. The zero-order valence-corrected chi connectivity index (χ0v) is 15.4. The molecular formula is C19H21N3S2. The molecule has 1 fully saturated rings. The van der Waals surface area contributed by atoms with Gasteiger partial charge in [-0.1, -0.05) is 30.4 Å². The van der Waals surface area contributed by atoms with Crippen molar-refractivity contribution >= 4 is 28.9 Å². The van der Waals surface area contributed by atoms with Crippen molar-refractivity contribution in [3.8, 4) is 10.6 Å². The Morgan fingerprint density at radius 3 is 2.96 bits per heavy atom. The van der Waals surface area contributed by atoms with Crippen molar-refractivity contribution in [3.05, 3.63) is 52.0 Å². The molecule has 0 saturated heterocycles. The maximum absolute atomic E-state index is 4.85. The minimum absolute atomic E-state index is 0.567. The predicted octanol–water partition coefficient (Wildman–Crippen LogP) is 4.80. The topological polar surface area (TPSA) is 29.6 Å². The van der Waals surface area contributed by atoms with Crippen LogP contribution in [0.25, 0.3) is 10.6 Å². The number of rotatable bonds is 5. The van der Waals surface area contributed by atoms with E-state index in [1.54, 1.807) is 22.7 Å². The first-order valence-corrected chi connectivity index (χ1v) is 10.1. The minimum Gasteiger partial charge on any atom is -0.253 e. The van der Waals surface area contributed by atoms with E-state index in [2.05, 4.69) is 52.8 Å². The third-order valence-electron chi connectivity index (χ3n) is 4.65. The lowest BCUT2D eigenvalue weighted by atomic mass is 9.95. The summed E-state index contributed by atoms with van der Waals surface area (Å²) in [6.45, 7) is 6.61. The number of aromatic nitrogens is 1. The molecule has 2 aromatic rings. The van der Waals surface area contributed by atoms with Gasteiger partial charge in [0, 0.05) is 17.5 Å². The lowest BCUT2D eigenvalue weighted by Gasteiger charge is -2.12. The van der Waals surface area contributed by atoms with E-state index in [1.807, 2.05) is 11.6 Å². The fourth-order valence-electron chi connectivity index (χ4n) is 3.46. The van der Waals surface area contributed by atoms with Gasteiger partial charge in [0.2, 0.25) is 4.80 Å². The van der Waals surface area contributed by atoms with E-state index >= 15 is 0 Å². The van der Waals surface area contributed by atoms with Gasteiger partial charge in [-0.25, -0.2) is 4.68 Å². The Kier molecular flexibility index (Phi) is 4.37. The lowest BCUT2D eigenvalue weighted by molar-refractivity contribution is 0.590. The van der Waals surface area contributed by atoms with Gasteiger partial charge in [-0.05, 0) is 43.0 Å². The molecule has 3 nitrogen and oxygen atoms in total. The van der Waals surface area contributed by atoms with E-state index in [1.165, 1.54) is 17.7 Å². The highest BCUT2D eigenvalue weighted by Crippen LogP contribution is 2.42. The highest BCUT2D eigenvalue weighted by atomic mass is 32.1. The van der Waals surface area contributed by atoms with E-state index < -0.39 is 0 Å². The molecule has 0 radical (unpaired) electrons. The molecule has 0 aromatic carbocycles. The van der Waals surface area contributed by atoms with Crippen molar-refractivity contribution in [1.29, 1.82) is 0 Å². The summed E-state index contributed by atoms with van der Waals surface area (Å²) in [6, 6.07) is 4.22. The van der Waals surface area contributed by atoms with Crippen molar-refractivity contribution in [2.24, 2.45) is 27.8 Å². The standard InChI is InChI=1S/C19H21N3S2/c1-13(2)10-20-19-22(17(12-24-19)18-4-3-7-23-18)21-11-16-9-14-5-6-15(16)8-14/h3-7,11-12,14-16H,1,8-10H2,2H3. The van der Waals surface area contributed by atoms with Crippen LogP contribution in [0.5, 0.6) is 0 Å². The molecule has 2 aliphatic carbocycles. The third-order valence-corrected chi connectivity index (χ3v) is 6.39. The molecule has 2 aromatic heterocycles. The molecule has 24 heavy (non-hydrogen) atoms. The van der Waals surface area contributed by atoms with Gasteiger partial charge in [0.25, 0.3) is 0 Å². The normalized spacial score (nSPS) is 26.0. The van der Waals surface area contributed by atoms with Crippen LogP contribution >= 0.6 is 22.7 Å². The van der Waals surface area contributed by atoms with E-state index in [0.717, 1.165) is 22.0 Å². The maximum Gasteiger partial charge on any atom is 0.206 e. The molecule has 124 valence electrons. The van der Waals surface area contributed by atoms with E-state index in [4.69, 9.17) is 5.10 Å². The van der Waals surface area contributed by atoms with Gasteiger partial charge >= 0.3 is 0 Å². The summed E-state index contributed by atoms with van der Waals surface area (Å²) in [5.41, 5.74) is 2.19. The third kappa shape index (κ3) is 3.10. The monoisotopic (exact) mass is 355 g/mol. The molecule has 0 aliphatic heterocycles. The van der Waals surface area contributed by atoms with Crippen molar-refractivity contribution < 1.29 is 0 Å². The molecule has 2 bridgehead atoms. The largest absolute Gasteiger partial charge is 0.253 e. The van der Waals surface area contributed by atoms with Crippen LogP contribution in [0.4, 0.5) is 0 Å². The van der Waals surface area contributed by atoms with Crippen molar-refractivity contribution in [2.75, 3.05) is 6.54 Å². The number of nitrogens with zero attached hydrogens (tertiary/aromatic N) is 3. The minimum atomic E-state index is 0.567. The Morgan fingerprint density at radius 1 is 1.38 bits per heavy atom. The molecule has 5 heteroatoms. The van der Waals surface area contributed by atoms with Crippen LogP contribution < -0.4 is 4.80 Å². The zero-order chi connectivity index (χ0) is 16.5. The fraction of sp³-hybridized carbons (Fsp3) is 0.368. The average Bonchev–Trinajstić information content (AvgIpc) is 3.34. The Bertz CT molecular complexity index is 852. The van der Waals surface area contributed by atoms with Gasteiger partial charge in [0.05, 0.1) is 17.1 Å². The number of hydrogen-bond acceptors (Lipinski definition) is 4. The number of allylic oxidation sites excluding steroid dienone is 2. The first-order valence-electron chi connectivity index (χ1n) is 8.33. The van der Waals surface area contributed by atoms with E-state index in [0.29, 0.717) is 18.4 Å². The summed E-state index contributed by atoms with van der Waals surface area (Å²) < 4.78 is 2.01. The Morgan fingerprint density at radius 2 is 2.29 bits per heavy atom. The second kappa shape index (κ2) is 6.65. The van der Waals surface area contributed by atoms with Gasteiger partial charge in [-0.2, -0.15) is 5.10 Å². The van der Waals surface area contributed by atoms with Crippen LogP contribution in [-0.2, 0) is 0 Å². The molecule has 2 heterocycles. The summed E-state index contributed by atoms with van der Waals surface area (Å²) in [4.78, 5) is 6.86. The van der Waals surface area contributed by atoms with Crippen molar-refractivity contribution in [3.63, 3.8) is 0 Å². The van der Waals surface area contributed by atoms with Crippen LogP contribution in [-0.4, -0.2) is 17.4 Å². The lowest BCUT2D eigenvalue weighted by Crippen LogP contribution is -2.15. The summed E-state index contributed by atoms with van der Waals surface area (Å²) in [7, 11) is 0. The maximum atomic E-state index is 4.85. The van der Waals surface area contributed by atoms with Crippen LogP contribution in [0.1, 0.15) is 19.8 Å². The highest BCUT2D eigenvalue weighted by molar-refractivity contribution is 7.14. The molecule has 0 amide bonds. The average molecular weight is 356 g/mol. The zero-order valence-electron chi connectivity index (χ0n) is 13.8. The second-order valence-electron chi connectivity index (χ2n) is 6.67. The second-order valence-corrected chi connectivity index (χ2v) is 8.46. The van der Waals surface area contributed by atoms with Crippen LogP contribution in [0.3, 0.4) is 0 Å². The SMILES string of the molecule is C=C(C)CN=c1scc(-c2cccs2)n1N=CC1CC2C=CC1C2. The number of fused-ring (bicyclic) bond motifs is 2. The van der Waals surface area contributed by atoms with Crippen molar-refractivity contribution in [2.45, 2.75) is 19.8 Å². The Balaban J connectivity index is 1.68. The Hall–Kier alpha value is -1.72. The number of thiophene rings is 1. The van der Waals surface area contributed by atoms with Crippen LogP contribution in [0.15, 0.2) is 57.3 Å². The van der Waals surface area contributed by atoms with Crippen molar-refractivity contribution in [1.82, 2.24) is 4.68 Å². The smallest absolute Gasteiger partial charge is 0.206 e. The molecule has 0 N–H and O–H groups in total. The molecule has 0 spiro atoms. The molecular weight excluding hydrogens is 334 g/mol. The molecule has 4 rings (SSSR count). The van der Waals surface area contributed by atoms with Crippen LogP contribution in [0.2, 0.25) is 0 Å². The molecule has 3 atom stereocenters.